The van der Waals surface area contributed by atoms with Gasteiger partial charge in [-0.1, -0.05) is 19.9 Å². The molecule has 2 nitrogen and oxygen atoms in total. The second-order valence-corrected chi connectivity index (χ2v) is 4.48. The van der Waals surface area contributed by atoms with Gasteiger partial charge in [0, 0.05) is 17.6 Å². The molecule has 0 spiro atoms. The quantitative estimate of drug-likeness (QED) is 0.802. The molecule has 0 aliphatic rings. The fraction of sp³-hybridized carbons (Fsp3) is 0.455. The Bertz CT molecular complexity index is 339. The van der Waals surface area contributed by atoms with Crippen LogP contribution in [0.15, 0.2) is 6.58 Å². The molecule has 0 atom stereocenters. The van der Waals surface area contributed by atoms with Gasteiger partial charge in [-0.3, -0.25) is 0 Å². The Morgan fingerprint density at radius 1 is 1.57 bits per heavy atom. The third-order valence-corrected chi connectivity index (χ3v) is 3.77. The Balaban J connectivity index is 3.08. The van der Waals surface area contributed by atoms with Crippen LogP contribution in [-0.2, 0) is 6.42 Å². The van der Waals surface area contributed by atoms with Gasteiger partial charge >= 0.3 is 0 Å². The number of nitrogen functional groups attached to an aromatic ring is 1. The molecule has 1 aromatic heterocycles. The average molecular weight is 210 g/mol. The van der Waals surface area contributed by atoms with Crippen molar-refractivity contribution >= 4 is 22.7 Å². The lowest BCUT2D eigenvalue weighted by atomic mass is 10.1. The lowest BCUT2D eigenvalue weighted by Gasteiger charge is -2.02. The Labute approximate surface area is 89.8 Å². The fourth-order valence-corrected chi connectivity index (χ4v) is 2.68. The molecule has 0 radical (unpaired) electrons. The van der Waals surface area contributed by atoms with E-state index >= 15 is 0 Å². The highest BCUT2D eigenvalue weighted by Crippen LogP contribution is 2.34. The second kappa shape index (κ2) is 4.51. The third-order valence-electron chi connectivity index (χ3n) is 2.35. The highest BCUT2D eigenvalue weighted by molar-refractivity contribution is 7.13. The molecule has 14 heavy (non-hydrogen) atoms. The van der Waals surface area contributed by atoms with Crippen molar-refractivity contribution in [1.82, 2.24) is 5.32 Å². The smallest absolute Gasteiger partial charge is 0.0730 e. The Hall–Kier alpha value is -0.960. The standard InChI is InChI=1S/C11H18N2S/c1-5-6-9-7(2)10(12)11(14-9)8(3)13-4/h13H,3,5-6,12H2,1-2,4H3. The van der Waals surface area contributed by atoms with Crippen LogP contribution >= 0.6 is 11.3 Å². The maximum atomic E-state index is 6.02. The van der Waals surface area contributed by atoms with Crippen LogP contribution in [0.2, 0.25) is 0 Å². The van der Waals surface area contributed by atoms with Crippen molar-refractivity contribution in [2.45, 2.75) is 26.7 Å². The van der Waals surface area contributed by atoms with Crippen LogP contribution in [0.3, 0.4) is 0 Å². The van der Waals surface area contributed by atoms with Crippen molar-refractivity contribution in [3.05, 3.63) is 21.9 Å². The minimum Gasteiger partial charge on any atom is -0.397 e. The van der Waals surface area contributed by atoms with Crippen molar-refractivity contribution in [2.75, 3.05) is 12.8 Å². The van der Waals surface area contributed by atoms with Gasteiger partial charge in [0.2, 0.25) is 0 Å². The van der Waals surface area contributed by atoms with Gasteiger partial charge in [-0.25, -0.2) is 0 Å². The van der Waals surface area contributed by atoms with E-state index in [-0.39, 0.29) is 0 Å². The Morgan fingerprint density at radius 2 is 2.21 bits per heavy atom. The molecule has 0 aliphatic heterocycles. The number of rotatable bonds is 4. The maximum Gasteiger partial charge on any atom is 0.0730 e. The number of nitrogens with two attached hydrogens (primary N) is 1. The van der Waals surface area contributed by atoms with E-state index in [2.05, 4.69) is 25.7 Å². The highest BCUT2D eigenvalue weighted by atomic mass is 32.1. The second-order valence-electron chi connectivity index (χ2n) is 3.37. The number of anilines is 1. The van der Waals surface area contributed by atoms with E-state index in [1.807, 2.05) is 7.05 Å². The van der Waals surface area contributed by atoms with Gasteiger partial charge < -0.3 is 11.1 Å². The first kappa shape index (κ1) is 11.1. The lowest BCUT2D eigenvalue weighted by molar-refractivity contribution is 0.933. The zero-order chi connectivity index (χ0) is 10.7. The van der Waals surface area contributed by atoms with E-state index in [0.717, 1.165) is 29.1 Å². The van der Waals surface area contributed by atoms with Crippen LogP contribution in [0.5, 0.6) is 0 Å². The highest BCUT2D eigenvalue weighted by Gasteiger charge is 2.12. The van der Waals surface area contributed by atoms with Crippen molar-refractivity contribution in [2.24, 2.45) is 0 Å². The normalized spacial score (nSPS) is 10.2. The van der Waals surface area contributed by atoms with E-state index in [9.17, 15) is 0 Å². The van der Waals surface area contributed by atoms with E-state index in [1.54, 1.807) is 11.3 Å². The largest absolute Gasteiger partial charge is 0.397 e. The summed E-state index contributed by atoms with van der Waals surface area (Å²) in [6.45, 7) is 8.21. The van der Waals surface area contributed by atoms with Gasteiger partial charge in [0.25, 0.3) is 0 Å². The molecule has 0 saturated carbocycles. The number of hydrogen-bond donors (Lipinski definition) is 2. The molecule has 1 heterocycles. The molecule has 0 aromatic carbocycles. The predicted molar refractivity (Wildman–Crippen MR) is 65.6 cm³/mol. The van der Waals surface area contributed by atoms with Gasteiger partial charge in [-0.05, 0) is 18.9 Å². The summed E-state index contributed by atoms with van der Waals surface area (Å²) in [5.41, 5.74) is 9.05. The van der Waals surface area contributed by atoms with Crippen LogP contribution < -0.4 is 11.1 Å². The molecule has 1 aromatic rings. The van der Waals surface area contributed by atoms with E-state index in [4.69, 9.17) is 5.73 Å². The molecule has 78 valence electrons. The number of hydrogen-bond acceptors (Lipinski definition) is 3. The number of nitrogens with one attached hydrogen (secondary N) is 1. The molecule has 0 amide bonds. The number of thiophene rings is 1. The summed E-state index contributed by atoms with van der Waals surface area (Å²) in [5.74, 6) is 0. The average Bonchev–Trinajstić information content (AvgIpc) is 2.46. The first-order valence-electron chi connectivity index (χ1n) is 4.86. The summed E-state index contributed by atoms with van der Waals surface area (Å²) in [4.78, 5) is 2.48. The van der Waals surface area contributed by atoms with Crippen LogP contribution in [-0.4, -0.2) is 7.05 Å². The van der Waals surface area contributed by atoms with Crippen molar-refractivity contribution in [1.29, 1.82) is 0 Å². The molecule has 0 bridgehead atoms. The summed E-state index contributed by atoms with van der Waals surface area (Å²) in [7, 11) is 1.87. The van der Waals surface area contributed by atoms with Crippen molar-refractivity contribution < 1.29 is 0 Å². The topological polar surface area (TPSA) is 38.0 Å². The molecule has 0 aliphatic carbocycles. The molecule has 0 fully saturated rings. The van der Waals surface area contributed by atoms with Crippen molar-refractivity contribution in [3.8, 4) is 0 Å². The van der Waals surface area contributed by atoms with Crippen LogP contribution in [0.1, 0.15) is 28.7 Å². The minimum absolute atomic E-state index is 0.887. The summed E-state index contributed by atoms with van der Waals surface area (Å²) in [6, 6.07) is 0. The zero-order valence-corrected chi connectivity index (χ0v) is 9.92. The van der Waals surface area contributed by atoms with Gasteiger partial charge in [-0.2, -0.15) is 0 Å². The van der Waals surface area contributed by atoms with Gasteiger partial charge in [0.05, 0.1) is 10.6 Å². The first-order valence-corrected chi connectivity index (χ1v) is 5.68. The Morgan fingerprint density at radius 3 is 2.71 bits per heavy atom. The molecule has 0 unspecified atom stereocenters. The van der Waals surface area contributed by atoms with E-state index in [1.165, 1.54) is 10.4 Å². The molecule has 3 N–H and O–H groups in total. The summed E-state index contributed by atoms with van der Waals surface area (Å²) >= 11 is 1.76. The summed E-state index contributed by atoms with van der Waals surface area (Å²) < 4.78 is 0. The third kappa shape index (κ3) is 1.93. The first-order chi connectivity index (χ1) is 6.61. The zero-order valence-electron chi connectivity index (χ0n) is 9.11. The molecule has 3 heteroatoms. The lowest BCUT2D eigenvalue weighted by Crippen LogP contribution is -2.03. The molecular formula is C11H18N2S. The monoisotopic (exact) mass is 210 g/mol. The van der Waals surface area contributed by atoms with Crippen LogP contribution in [0.25, 0.3) is 5.70 Å². The van der Waals surface area contributed by atoms with E-state index in [0.29, 0.717) is 0 Å². The van der Waals surface area contributed by atoms with Crippen molar-refractivity contribution in [3.63, 3.8) is 0 Å². The molecular weight excluding hydrogens is 192 g/mol. The van der Waals surface area contributed by atoms with Gasteiger partial charge in [0.1, 0.15) is 0 Å². The minimum atomic E-state index is 0.887. The van der Waals surface area contributed by atoms with Gasteiger partial charge in [-0.15, -0.1) is 11.3 Å². The summed E-state index contributed by atoms with van der Waals surface area (Å²) in [6.07, 6.45) is 2.27. The fourth-order valence-electron chi connectivity index (χ4n) is 1.38. The number of aryl methyl sites for hydroxylation is 1. The maximum absolute atomic E-state index is 6.02. The molecule has 1 rings (SSSR count). The van der Waals surface area contributed by atoms with Gasteiger partial charge in [0.15, 0.2) is 0 Å². The SMILES string of the molecule is C=C(NC)c1sc(CCC)c(C)c1N. The summed E-state index contributed by atoms with van der Waals surface area (Å²) in [5, 5.41) is 3.04. The van der Waals surface area contributed by atoms with Crippen LogP contribution in [0.4, 0.5) is 5.69 Å². The van der Waals surface area contributed by atoms with Crippen LogP contribution in [0, 0.1) is 6.92 Å². The predicted octanol–water partition coefficient (Wildman–Crippen LogP) is 2.78. The van der Waals surface area contributed by atoms with E-state index < -0.39 is 0 Å². The Kier molecular flexibility index (Phi) is 3.58. The molecule has 0 saturated heterocycles.